The summed E-state index contributed by atoms with van der Waals surface area (Å²) in [7, 11) is 3.58. The summed E-state index contributed by atoms with van der Waals surface area (Å²) in [6.45, 7) is 2.22. The monoisotopic (exact) mass is 392 g/mol. The molecule has 1 N–H and O–H groups in total. The molecule has 150 valence electrons. The number of hydrogen-bond donors (Lipinski definition) is 1. The lowest BCUT2D eigenvalue weighted by molar-refractivity contribution is -0.120. The highest BCUT2D eigenvalue weighted by molar-refractivity contribution is 5.98. The van der Waals surface area contributed by atoms with Gasteiger partial charge >= 0.3 is 0 Å². The van der Waals surface area contributed by atoms with Gasteiger partial charge in [0.2, 0.25) is 5.91 Å². The van der Waals surface area contributed by atoms with E-state index in [1.54, 1.807) is 29.0 Å². The summed E-state index contributed by atoms with van der Waals surface area (Å²) in [6, 6.07) is 10.1. The van der Waals surface area contributed by atoms with Crippen molar-refractivity contribution in [1.82, 2.24) is 29.8 Å². The summed E-state index contributed by atoms with van der Waals surface area (Å²) < 4.78 is 3.52. The number of carbonyl (C=O) groups excluding carboxylic acids is 1. The number of benzene rings is 1. The van der Waals surface area contributed by atoms with Crippen molar-refractivity contribution in [2.75, 3.05) is 31.6 Å². The number of nitrogens with one attached hydrogen (secondary N) is 1. The van der Waals surface area contributed by atoms with Gasteiger partial charge in [0.1, 0.15) is 6.54 Å². The van der Waals surface area contributed by atoms with Crippen LogP contribution in [0.1, 0.15) is 5.56 Å². The van der Waals surface area contributed by atoms with Crippen molar-refractivity contribution in [2.24, 2.45) is 12.0 Å². The molecule has 0 spiro atoms. The third-order valence-corrected chi connectivity index (χ3v) is 4.89. The zero-order valence-corrected chi connectivity index (χ0v) is 16.6. The van der Waals surface area contributed by atoms with E-state index >= 15 is 0 Å². The van der Waals surface area contributed by atoms with Crippen LogP contribution in [0, 0.1) is 0 Å². The van der Waals surface area contributed by atoms with E-state index in [1.165, 1.54) is 0 Å². The number of aliphatic imine (C=N–C) groups is 1. The van der Waals surface area contributed by atoms with Crippen LogP contribution in [0.4, 0.5) is 5.69 Å². The molecule has 9 nitrogen and oxygen atoms in total. The van der Waals surface area contributed by atoms with Gasteiger partial charge in [-0.15, -0.1) is 0 Å². The molecule has 0 bridgehead atoms. The van der Waals surface area contributed by atoms with Crippen LogP contribution in [0.5, 0.6) is 0 Å². The van der Waals surface area contributed by atoms with E-state index in [0.29, 0.717) is 19.6 Å². The molecule has 0 radical (unpaired) electrons. The molecule has 29 heavy (non-hydrogen) atoms. The smallest absolute Gasteiger partial charge is 0.246 e. The number of aromatic nitrogens is 4. The fourth-order valence-electron chi connectivity index (χ4n) is 3.38. The highest BCUT2D eigenvalue weighted by atomic mass is 16.2. The number of amides is 1. The van der Waals surface area contributed by atoms with Crippen molar-refractivity contribution in [3.8, 4) is 5.69 Å². The van der Waals surface area contributed by atoms with Crippen LogP contribution >= 0.6 is 0 Å². The molecule has 1 aromatic carbocycles. The average Bonchev–Trinajstić information content (AvgIpc) is 3.41. The van der Waals surface area contributed by atoms with E-state index in [9.17, 15) is 4.79 Å². The number of rotatable bonds is 4. The number of carbonyl (C=O) groups is 1. The molecule has 0 saturated carbocycles. The molecular weight excluding hydrogens is 368 g/mol. The zero-order chi connectivity index (χ0) is 20.2. The number of aryl methyl sites for hydroxylation is 1. The van der Waals surface area contributed by atoms with Crippen molar-refractivity contribution in [1.29, 1.82) is 0 Å². The van der Waals surface area contributed by atoms with Crippen LogP contribution in [-0.4, -0.2) is 63.0 Å². The Morgan fingerprint density at radius 2 is 2.00 bits per heavy atom. The molecule has 1 fully saturated rings. The number of guanidine groups is 1. The maximum atomic E-state index is 12.6. The zero-order valence-electron chi connectivity index (χ0n) is 16.6. The van der Waals surface area contributed by atoms with Crippen LogP contribution in [0.25, 0.3) is 5.69 Å². The molecule has 1 aliphatic rings. The normalized spacial score (nSPS) is 15.1. The summed E-state index contributed by atoms with van der Waals surface area (Å²) in [5.74, 6) is 0.760. The van der Waals surface area contributed by atoms with E-state index in [2.05, 4.69) is 32.6 Å². The van der Waals surface area contributed by atoms with Gasteiger partial charge in [0.05, 0.1) is 17.6 Å². The number of piperazine rings is 1. The standard InChI is InChI=1S/C20H24N8O/c1-21-20(22-12-16-4-6-17(7-5-16)28-9-3-8-23-28)26-10-11-27(19(29)15-26)18-13-24-25(2)14-18/h3-9,13-14H,10-12,15H2,1-2H3,(H,21,22). The third kappa shape index (κ3) is 4.13. The van der Waals surface area contributed by atoms with Gasteiger partial charge in [0, 0.05) is 52.3 Å². The fraction of sp³-hybridized carbons (Fsp3) is 0.300. The molecule has 9 heteroatoms. The lowest BCUT2D eigenvalue weighted by Gasteiger charge is -2.35. The molecule has 0 atom stereocenters. The van der Waals surface area contributed by atoms with Crippen LogP contribution in [0.15, 0.2) is 60.1 Å². The largest absolute Gasteiger partial charge is 0.352 e. The summed E-state index contributed by atoms with van der Waals surface area (Å²) >= 11 is 0. The Morgan fingerprint density at radius 3 is 2.62 bits per heavy atom. The predicted octanol–water partition coefficient (Wildman–Crippen LogP) is 1.03. The van der Waals surface area contributed by atoms with E-state index in [1.807, 2.05) is 47.2 Å². The second-order valence-electron chi connectivity index (χ2n) is 6.86. The van der Waals surface area contributed by atoms with Crippen LogP contribution in [0.3, 0.4) is 0 Å². The van der Waals surface area contributed by atoms with E-state index in [0.717, 1.165) is 22.9 Å². The maximum absolute atomic E-state index is 12.6. The molecule has 0 aliphatic carbocycles. The second-order valence-corrected chi connectivity index (χ2v) is 6.86. The van der Waals surface area contributed by atoms with E-state index < -0.39 is 0 Å². The van der Waals surface area contributed by atoms with Crippen LogP contribution in [0.2, 0.25) is 0 Å². The minimum atomic E-state index is 0.0378. The lowest BCUT2D eigenvalue weighted by Crippen LogP contribution is -2.55. The van der Waals surface area contributed by atoms with Gasteiger partial charge in [-0.1, -0.05) is 12.1 Å². The summed E-state index contributed by atoms with van der Waals surface area (Å²) in [6.07, 6.45) is 7.24. The van der Waals surface area contributed by atoms with Gasteiger partial charge in [-0.05, 0) is 23.8 Å². The second kappa shape index (κ2) is 8.17. The van der Waals surface area contributed by atoms with Crippen molar-refractivity contribution in [3.63, 3.8) is 0 Å². The Hall–Kier alpha value is -3.62. The number of nitrogens with zero attached hydrogens (tertiary/aromatic N) is 7. The quantitative estimate of drug-likeness (QED) is 0.530. The molecular formula is C20H24N8O. The highest BCUT2D eigenvalue weighted by Gasteiger charge is 2.27. The fourth-order valence-corrected chi connectivity index (χ4v) is 3.38. The van der Waals surface area contributed by atoms with Gasteiger partial charge in [0.25, 0.3) is 0 Å². The van der Waals surface area contributed by atoms with Gasteiger partial charge in [-0.25, -0.2) is 4.68 Å². The summed E-state index contributed by atoms with van der Waals surface area (Å²) in [5, 5.41) is 11.7. The van der Waals surface area contributed by atoms with Crippen molar-refractivity contribution < 1.29 is 4.79 Å². The molecule has 1 aliphatic heterocycles. The first kappa shape index (κ1) is 18.7. The Bertz CT molecular complexity index is 990. The van der Waals surface area contributed by atoms with Crippen LogP contribution < -0.4 is 10.2 Å². The van der Waals surface area contributed by atoms with E-state index in [-0.39, 0.29) is 12.5 Å². The number of anilines is 1. The summed E-state index contributed by atoms with van der Waals surface area (Å²) in [5.41, 5.74) is 2.97. The SMILES string of the molecule is CN=C(NCc1ccc(-n2cccn2)cc1)N1CCN(c2cnn(C)c2)C(=O)C1. The lowest BCUT2D eigenvalue weighted by atomic mass is 10.2. The number of hydrogen-bond acceptors (Lipinski definition) is 4. The summed E-state index contributed by atoms with van der Waals surface area (Å²) in [4.78, 5) is 20.7. The van der Waals surface area contributed by atoms with Gasteiger partial charge < -0.3 is 15.1 Å². The molecule has 4 rings (SSSR count). The Labute approximate surface area is 169 Å². The topological polar surface area (TPSA) is 83.6 Å². The Kier molecular flexibility index (Phi) is 5.28. The van der Waals surface area contributed by atoms with Crippen LogP contribution in [-0.2, 0) is 18.4 Å². The van der Waals surface area contributed by atoms with Crippen molar-refractivity contribution in [2.45, 2.75) is 6.54 Å². The first-order valence-corrected chi connectivity index (χ1v) is 9.47. The molecule has 3 aromatic rings. The molecule has 3 heterocycles. The first-order chi connectivity index (χ1) is 14.1. The third-order valence-electron chi connectivity index (χ3n) is 4.89. The van der Waals surface area contributed by atoms with Gasteiger partial charge in [-0.2, -0.15) is 10.2 Å². The average molecular weight is 392 g/mol. The molecule has 2 aromatic heterocycles. The minimum absolute atomic E-state index is 0.0378. The van der Waals surface area contributed by atoms with Crippen molar-refractivity contribution in [3.05, 3.63) is 60.7 Å². The highest BCUT2D eigenvalue weighted by Crippen LogP contribution is 2.16. The van der Waals surface area contributed by atoms with Gasteiger partial charge in [-0.3, -0.25) is 14.5 Å². The first-order valence-electron chi connectivity index (χ1n) is 9.47. The molecule has 1 saturated heterocycles. The molecule has 0 unspecified atom stereocenters. The Morgan fingerprint density at radius 1 is 1.17 bits per heavy atom. The van der Waals surface area contributed by atoms with Crippen molar-refractivity contribution >= 4 is 17.6 Å². The Balaban J connectivity index is 1.34. The van der Waals surface area contributed by atoms with Gasteiger partial charge in [0.15, 0.2) is 5.96 Å². The maximum Gasteiger partial charge on any atom is 0.246 e. The van der Waals surface area contributed by atoms with E-state index in [4.69, 9.17) is 0 Å². The molecule has 1 amide bonds. The predicted molar refractivity (Wildman–Crippen MR) is 111 cm³/mol. The minimum Gasteiger partial charge on any atom is -0.352 e.